The third kappa shape index (κ3) is 6.82. The molecule has 0 radical (unpaired) electrons. The third-order valence-corrected chi connectivity index (χ3v) is 6.46. The minimum atomic E-state index is -0.229. The standard InChI is InChI=1S/C25H35ClFN3O2/c1-19(9-12-28)29-13-10-23(11-14-29)30(18-20-17-21(26)3-8-25(20)27)22-4-6-24(7-5-22)32-16-15-31-2/h3-8,17,19,23H,9-16,18,28H2,1-2H3. The molecule has 2 aromatic carbocycles. The summed E-state index contributed by atoms with van der Waals surface area (Å²) in [5.41, 5.74) is 7.41. The summed E-state index contributed by atoms with van der Waals surface area (Å²) in [5.74, 6) is 0.568. The molecule has 0 aliphatic carbocycles. The summed E-state index contributed by atoms with van der Waals surface area (Å²) in [6.45, 7) is 6.50. The molecule has 7 heteroatoms. The predicted molar refractivity (Wildman–Crippen MR) is 129 cm³/mol. The minimum absolute atomic E-state index is 0.229. The Morgan fingerprint density at radius 1 is 1.16 bits per heavy atom. The number of methoxy groups -OCH3 is 1. The second kappa shape index (κ2) is 12.4. The highest BCUT2D eigenvalue weighted by molar-refractivity contribution is 6.30. The SMILES string of the molecule is COCCOc1ccc(N(Cc2cc(Cl)ccc2F)C2CCN(C(C)CCN)CC2)cc1. The summed E-state index contributed by atoms with van der Waals surface area (Å²) < 4.78 is 25.3. The van der Waals surface area contributed by atoms with Gasteiger partial charge in [-0.25, -0.2) is 4.39 Å². The van der Waals surface area contributed by atoms with Gasteiger partial charge in [-0.1, -0.05) is 11.6 Å². The topological polar surface area (TPSA) is 51.0 Å². The van der Waals surface area contributed by atoms with E-state index in [-0.39, 0.29) is 5.82 Å². The summed E-state index contributed by atoms with van der Waals surface area (Å²) in [6, 6.07) is 13.6. The number of rotatable bonds is 11. The van der Waals surface area contributed by atoms with E-state index in [4.69, 9.17) is 26.8 Å². The lowest BCUT2D eigenvalue weighted by Crippen LogP contribution is -2.47. The second-order valence-corrected chi connectivity index (χ2v) is 8.83. The van der Waals surface area contributed by atoms with Crippen LogP contribution in [0.3, 0.4) is 0 Å². The van der Waals surface area contributed by atoms with Crippen molar-refractivity contribution in [1.29, 1.82) is 0 Å². The van der Waals surface area contributed by atoms with Crippen LogP contribution in [-0.4, -0.2) is 56.9 Å². The molecule has 0 saturated carbocycles. The van der Waals surface area contributed by atoms with Crippen molar-refractivity contribution in [1.82, 2.24) is 4.90 Å². The number of piperidine rings is 1. The van der Waals surface area contributed by atoms with Gasteiger partial charge < -0.3 is 25.0 Å². The second-order valence-electron chi connectivity index (χ2n) is 8.39. The molecule has 3 rings (SSSR count). The molecule has 0 aromatic heterocycles. The molecule has 1 atom stereocenters. The Morgan fingerprint density at radius 2 is 1.88 bits per heavy atom. The highest BCUT2D eigenvalue weighted by atomic mass is 35.5. The van der Waals surface area contributed by atoms with Crippen LogP contribution in [0.25, 0.3) is 0 Å². The van der Waals surface area contributed by atoms with Gasteiger partial charge in [-0.2, -0.15) is 0 Å². The van der Waals surface area contributed by atoms with Gasteiger partial charge in [0.15, 0.2) is 0 Å². The van der Waals surface area contributed by atoms with Crippen molar-refractivity contribution in [3.05, 3.63) is 58.9 Å². The summed E-state index contributed by atoms with van der Waals surface area (Å²) >= 11 is 6.17. The first-order chi connectivity index (χ1) is 15.5. The molecule has 1 saturated heterocycles. The van der Waals surface area contributed by atoms with E-state index >= 15 is 0 Å². The highest BCUT2D eigenvalue weighted by Crippen LogP contribution is 2.29. The van der Waals surface area contributed by atoms with Crippen molar-refractivity contribution >= 4 is 17.3 Å². The van der Waals surface area contributed by atoms with Crippen LogP contribution in [-0.2, 0) is 11.3 Å². The number of hydrogen-bond donors (Lipinski definition) is 1. The van der Waals surface area contributed by atoms with Crippen LogP contribution < -0.4 is 15.4 Å². The lowest BCUT2D eigenvalue weighted by Gasteiger charge is -2.42. The molecule has 0 amide bonds. The fraction of sp³-hybridized carbons (Fsp3) is 0.520. The van der Waals surface area contributed by atoms with Gasteiger partial charge in [0.25, 0.3) is 0 Å². The molecule has 176 valence electrons. The largest absolute Gasteiger partial charge is 0.491 e. The quantitative estimate of drug-likeness (QED) is 0.489. The zero-order valence-corrected chi connectivity index (χ0v) is 19.9. The van der Waals surface area contributed by atoms with E-state index < -0.39 is 0 Å². The molecule has 1 unspecified atom stereocenters. The zero-order chi connectivity index (χ0) is 22.9. The molecule has 5 nitrogen and oxygen atoms in total. The van der Waals surface area contributed by atoms with Crippen molar-refractivity contribution in [3.63, 3.8) is 0 Å². The number of nitrogens with zero attached hydrogens (tertiary/aromatic N) is 2. The van der Waals surface area contributed by atoms with E-state index in [1.165, 1.54) is 6.07 Å². The first kappa shape index (κ1) is 24.8. The van der Waals surface area contributed by atoms with Gasteiger partial charge in [0.05, 0.1) is 6.61 Å². The molecular formula is C25H35ClFN3O2. The Hall–Kier alpha value is -1.86. The first-order valence-electron chi connectivity index (χ1n) is 11.4. The van der Waals surface area contributed by atoms with Gasteiger partial charge >= 0.3 is 0 Å². The van der Waals surface area contributed by atoms with E-state index in [0.29, 0.717) is 49.0 Å². The number of likely N-dealkylation sites (tertiary alicyclic amines) is 1. The Morgan fingerprint density at radius 3 is 2.53 bits per heavy atom. The van der Waals surface area contributed by atoms with E-state index in [2.05, 4.69) is 16.7 Å². The molecule has 1 fully saturated rings. The van der Waals surface area contributed by atoms with Crippen LogP contribution in [0.1, 0.15) is 31.7 Å². The summed E-state index contributed by atoms with van der Waals surface area (Å²) in [6.07, 6.45) is 3.04. The normalized spacial score (nSPS) is 16.2. The molecule has 1 aliphatic heterocycles. The molecular weight excluding hydrogens is 429 g/mol. The maximum atomic E-state index is 14.6. The van der Waals surface area contributed by atoms with E-state index in [0.717, 1.165) is 43.8 Å². The van der Waals surface area contributed by atoms with Gasteiger partial charge in [-0.3, -0.25) is 0 Å². The van der Waals surface area contributed by atoms with Crippen molar-refractivity contribution in [2.75, 3.05) is 44.9 Å². The fourth-order valence-electron chi connectivity index (χ4n) is 4.32. The maximum absolute atomic E-state index is 14.6. The van der Waals surface area contributed by atoms with Crippen molar-refractivity contribution in [2.45, 2.75) is 44.8 Å². The number of anilines is 1. The Labute approximate surface area is 196 Å². The minimum Gasteiger partial charge on any atom is -0.491 e. The van der Waals surface area contributed by atoms with Crippen molar-refractivity contribution in [2.24, 2.45) is 5.73 Å². The van der Waals surface area contributed by atoms with Crippen molar-refractivity contribution in [3.8, 4) is 5.75 Å². The van der Waals surface area contributed by atoms with Crippen LogP contribution >= 0.6 is 11.6 Å². The molecule has 32 heavy (non-hydrogen) atoms. The molecule has 1 heterocycles. The fourth-order valence-corrected chi connectivity index (χ4v) is 4.51. The molecule has 1 aliphatic rings. The lowest BCUT2D eigenvalue weighted by atomic mass is 9.99. The predicted octanol–water partition coefficient (Wildman–Crippen LogP) is 4.71. The monoisotopic (exact) mass is 463 g/mol. The smallest absolute Gasteiger partial charge is 0.128 e. The molecule has 0 spiro atoms. The van der Waals surface area contributed by atoms with Crippen LogP contribution in [0.2, 0.25) is 5.02 Å². The van der Waals surface area contributed by atoms with Crippen molar-refractivity contribution < 1.29 is 13.9 Å². The third-order valence-electron chi connectivity index (χ3n) is 6.22. The molecule has 2 N–H and O–H groups in total. The average molecular weight is 464 g/mol. The van der Waals surface area contributed by atoms with Gasteiger partial charge in [-0.15, -0.1) is 0 Å². The van der Waals surface area contributed by atoms with Gasteiger partial charge in [0.1, 0.15) is 18.2 Å². The number of hydrogen-bond acceptors (Lipinski definition) is 5. The van der Waals surface area contributed by atoms with E-state index in [1.807, 2.05) is 24.3 Å². The Kier molecular flexibility index (Phi) is 9.60. The van der Waals surface area contributed by atoms with E-state index in [9.17, 15) is 4.39 Å². The number of nitrogens with two attached hydrogens (primary N) is 1. The van der Waals surface area contributed by atoms with Crippen LogP contribution in [0, 0.1) is 5.82 Å². The highest BCUT2D eigenvalue weighted by Gasteiger charge is 2.27. The summed E-state index contributed by atoms with van der Waals surface area (Å²) in [4.78, 5) is 4.81. The van der Waals surface area contributed by atoms with E-state index in [1.54, 1.807) is 19.2 Å². The molecule has 0 bridgehead atoms. The number of benzene rings is 2. The van der Waals surface area contributed by atoms with Gasteiger partial charge in [0.2, 0.25) is 0 Å². The van der Waals surface area contributed by atoms with Crippen LogP contribution in [0.4, 0.5) is 10.1 Å². The van der Waals surface area contributed by atoms with Crippen LogP contribution in [0.15, 0.2) is 42.5 Å². The summed E-state index contributed by atoms with van der Waals surface area (Å²) in [7, 11) is 1.65. The number of halogens is 2. The van der Waals surface area contributed by atoms with Gasteiger partial charge in [-0.05, 0) is 75.2 Å². The summed E-state index contributed by atoms with van der Waals surface area (Å²) in [5, 5.41) is 0.550. The Bertz CT molecular complexity index is 828. The van der Waals surface area contributed by atoms with Crippen LogP contribution in [0.5, 0.6) is 5.75 Å². The molecule has 2 aromatic rings. The zero-order valence-electron chi connectivity index (χ0n) is 19.1. The number of ether oxygens (including phenoxy) is 2. The maximum Gasteiger partial charge on any atom is 0.128 e. The lowest BCUT2D eigenvalue weighted by molar-refractivity contribution is 0.146. The Balaban J connectivity index is 1.77. The average Bonchev–Trinajstić information content (AvgIpc) is 2.81. The van der Waals surface area contributed by atoms with Gasteiger partial charge in [0, 0.05) is 55.1 Å². The first-order valence-corrected chi connectivity index (χ1v) is 11.8.